The summed E-state index contributed by atoms with van der Waals surface area (Å²) >= 11 is 0. The second kappa shape index (κ2) is 12.4. The van der Waals surface area contributed by atoms with E-state index in [-0.39, 0.29) is 18.9 Å². The first-order chi connectivity index (χ1) is 14.4. The minimum absolute atomic E-state index is 0.124. The van der Waals surface area contributed by atoms with Crippen LogP contribution in [0.15, 0.2) is 42.5 Å². The largest absolute Gasteiger partial charge is 0.390 e. The highest BCUT2D eigenvalue weighted by Gasteiger charge is 2.22. The Morgan fingerprint density at radius 1 is 1.10 bits per heavy atom. The number of hydrogen-bond acceptors (Lipinski definition) is 3. The zero-order valence-electron chi connectivity index (χ0n) is 17.5. The lowest BCUT2D eigenvalue weighted by atomic mass is 10.00. The molecule has 30 heavy (non-hydrogen) atoms. The van der Waals surface area contributed by atoms with Gasteiger partial charge in [0.15, 0.2) is 0 Å². The van der Waals surface area contributed by atoms with Crippen LogP contribution in [0.5, 0.6) is 0 Å². The maximum Gasteiger partial charge on any atom is 0.220 e. The van der Waals surface area contributed by atoms with E-state index in [0.29, 0.717) is 31.4 Å². The normalized spacial score (nSPS) is 13.1. The van der Waals surface area contributed by atoms with Crippen molar-refractivity contribution in [3.63, 3.8) is 0 Å². The second-order valence-corrected chi connectivity index (χ2v) is 7.48. The molecule has 4 nitrogen and oxygen atoms in total. The minimum Gasteiger partial charge on any atom is -0.390 e. The van der Waals surface area contributed by atoms with Gasteiger partial charge in [0.25, 0.3) is 0 Å². The van der Waals surface area contributed by atoms with Crippen molar-refractivity contribution < 1.29 is 18.7 Å². The molecular weight excluding hydrogens is 386 g/mol. The standard InChI is InChI=1S/C24H31F2N2O2/c1-3-5-9-24(30)28-22(13-19-11-20(25)14-21(26)12-19)23(29)16-27-15-18-8-6-7-17(4-2)10-18/h6-8,10-12,14,22-23,27,29H,1,3-5,9,13,15-16H2,2H3,(H,28,30)/t22-,23+/m0/s1. The van der Waals surface area contributed by atoms with E-state index >= 15 is 0 Å². The van der Waals surface area contributed by atoms with Crippen molar-refractivity contribution in [2.75, 3.05) is 6.54 Å². The van der Waals surface area contributed by atoms with Crippen LogP contribution in [0.4, 0.5) is 8.78 Å². The number of halogens is 2. The van der Waals surface area contributed by atoms with Crippen LogP contribution >= 0.6 is 0 Å². The minimum atomic E-state index is -0.922. The third-order valence-electron chi connectivity index (χ3n) is 4.92. The lowest BCUT2D eigenvalue weighted by molar-refractivity contribution is -0.122. The number of benzene rings is 2. The summed E-state index contributed by atoms with van der Waals surface area (Å²) in [5.74, 6) is -1.58. The summed E-state index contributed by atoms with van der Waals surface area (Å²) < 4.78 is 27.1. The van der Waals surface area contributed by atoms with Crippen LogP contribution in [-0.4, -0.2) is 29.7 Å². The summed E-state index contributed by atoms with van der Waals surface area (Å²) in [5.41, 5.74) is 2.72. The molecule has 2 rings (SSSR count). The van der Waals surface area contributed by atoms with Gasteiger partial charge in [-0.2, -0.15) is 0 Å². The van der Waals surface area contributed by atoms with Gasteiger partial charge in [0.05, 0.1) is 12.1 Å². The Labute approximate surface area is 177 Å². The number of aliphatic hydroxyl groups excluding tert-OH is 1. The summed E-state index contributed by atoms with van der Waals surface area (Å²) in [6, 6.07) is 10.7. The summed E-state index contributed by atoms with van der Waals surface area (Å²) in [6.07, 6.45) is 1.71. The lowest BCUT2D eigenvalue weighted by Gasteiger charge is -2.25. The van der Waals surface area contributed by atoms with Crippen molar-refractivity contribution in [2.45, 2.75) is 57.7 Å². The number of carbonyl (C=O) groups is 1. The first-order valence-electron chi connectivity index (χ1n) is 10.4. The van der Waals surface area contributed by atoms with E-state index in [9.17, 15) is 18.7 Å². The second-order valence-electron chi connectivity index (χ2n) is 7.48. The van der Waals surface area contributed by atoms with Gasteiger partial charge in [0, 0.05) is 25.6 Å². The SMILES string of the molecule is [CH2]CCCC(=O)N[C@@H](Cc1cc(F)cc(F)c1)[C@H](O)CNCc1cccc(CC)c1. The molecule has 0 heterocycles. The Hall–Kier alpha value is -2.31. The maximum absolute atomic E-state index is 13.6. The zero-order chi connectivity index (χ0) is 21.9. The number of unbranched alkanes of at least 4 members (excludes halogenated alkanes) is 1. The molecule has 163 valence electrons. The van der Waals surface area contributed by atoms with Crippen molar-refractivity contribution in [1.29, 1.82) is 0 Å². The van der Waals surface area contributed by atoms with Crippen LogP contribution in [0.2, 0.25) is 0 Å². The van der Waals surface area contributed by atoms with Crippen LogP contribution in [0.25, 0.3) is 0 Å². The third-order valence-corrected chi connectivity index (χ3v) is 4.92. The molecule has 6 heteroatoms. The molecule has 0 saturated carbocycles. The van der Waals surface area contributed by atoms with Crippen LogP contribution in [0, 0.1) is 18.6 Å². The molecule has 0 unspecified atom stereocenters. The maximum atomic E-state index is 13.6. The number of carbonyl (C=O) groups excluding carboxylic acids is 1. The predicted octanol–water partition coefficient (Wildman–Crippen LogP) is 3.71. The lowest BCUT2D eigenvalue weighted by Crippen LogP contribution is -2.48. The molecule has 0 fully saturated rings. The van der Waals surface area contributed by atoms with E-state index in [1.807, 2.05) is 12.1 Å². The molecule has 2 aromatic carbocycles. The van der Waals surface area contributed by atoms with Gasteiger partial charge in [-0.3, -0.25) is 4.79 Å². The Morgan fingerprint density at radius 2 is 1.80 bits per heavy atom. The van der Waals surface area contributed by atoms with E-state index in [4.69, 9.17) is 0 Å². The first-order valence-corrected chi connectivity index (χ1v) is 10.4. The number of amides is 1. The van der Waals surface area contributed by atoms with Gasteiger partial charge < -0.3 is 15.7 Å². The number of rotatable bonds is 12. The summed E-state index contributed by atoms with van der Waals surface area (Å²) in [4.78, 5) is 12.2. The van der Waals surface area contributed by atoms with E-state index in [0.717, 1.165) is 18.1 Å². The molecule has 0 aliphatic carbocycles. The molecule has 0 bridgehead atoms. The van der Waals surface area contributed by atoms with Crippen LogP contribution in [0.3, 0.4) is 0 Å². The molecular formula is C24H31F2N2O2. The van der Waals surface area contributed by atoms with E-state index in [1.165, 1.54) is 17.7 Å². The quantitative estimate of drug-likeness (QED) is 0.493. The highest BCUT2D eigenvalue weighted by Crippen LogP contribution is 2.13. The monoisotopic (exact) mass is 417 g/mol. The Morgan fingerprint density at radius 3 is 2.47 bits per heavy atom. The number of nitrogens with one attached hydrogen (secondary N) is 2. The van der Waals surface area contributed by atoms with Crippen molar-refractivity contribution in [3.05, 3.63) is 77.7 Å². The van der Waals surface area contributed by atoms with E-state index in [2.05, 4.69) is 36.6 Å². The average Bonchev–Trinajstić information content (AvgIpc) is 2.71. The molecule has 0 saturated heterocycles. The Bertz CT molecular complexity index is 793. The molecule has 3 N–H and O–H groups in total. The Balaban J connectivity index is 2.00. The van der Waals surface area contributed by atoms with Gasteiger partial charge in [-0.15, -0.1) is 0 Å². The van der Waals surface area contributed by atoms with E-state index < -0.39 is 23.8 Å². The van der Waals surface area contributed by atoms with Crippen molar-refractivity contribution in [2.24, 2.45) is 0 Å². The summed E-state index contributed by atoms with van der Waals surface area (Å²) in [6.45, 7) is 6.61. The van der Waals surface area contributed by atoms with Crippen molar-refractivity contribution in [3.8, 4) is 0 Å². The van der Waals surface area contributed by atoms with Crippen molar-refractivity contribution >= 4 is 5.91 Å². The molecule has 1 amide bonds. The molecule has 2 aromatic rings. The molecule has 0 aliphatic rings. The van der Waals surface area contributed by atoms with Crippen LogP contribution < -0.4 is 10.6 Å². The van der Waals surface area contributed by atoms with E-state index in [1.54, 1.807) is 0 Å². The highest BCUT2D eigenvalue weighted by atomic mass is 19.1. The first kappa shape index (κ1) is 24.0. The fourth-order valence-corrected chi connectivity index (χ4v) is 3.30. The van der Waals surface area contributed by atoms with Gasteiger partial charge in [-0.25, -0.2) is 8.78 Å². The van der Waals surface area contributed by atoms with Gasteiger partial charge in [-0.05, 0) is 48.1 Å². The topological polar surface area (TPSA) is 61.4 Å². The van der Waals surface area contributed by atoms with Crippen molar-refractivity contribution in [1.82, 2.24) is 10.6 Å². The van der Waals surface area contributed by atoms with Crippen LogP contribution in [-0.2, 0) is 24.2 Å². The van der Waals surface area contributed by atoms with Gasteiger partial charge >= 0.3 is 0 Å². The Kier molecular flexibility index (Phi) is 9.91. The fourth-order valence-electron chi connectivity index (χ4n) is 3.30. The van der Waals surface area contributed by atoms with Crippen LogP contribution in [0.1, 0.15) is 42.9 Å². The number of hydrogen-bond donors (Lipinski definition) is 3. The zero-order valence-corrected chi connectivity index (χ0v) is 17.5. The van der Waals surface area contributed by atoms with Gasteiger partial charge in [0.1, 0.15) is 11.6 Å². The summed E-state index contributed by atoms with van der Waals surface area (Å²) in [7, 11) is 0. The molecule has 0 aromatic heterocycles. The van der Waals surface area contributed by atoms with Gasteiger partial charge in [0.2, 0.25) is 5.91 Å². The average molecular weight is 418 g/mol. The number of aryl methyl sites for hydroxylation is 1. The predicted molar refractivity (Wildman–Crippen MR) is 115 cm³/mol. The molecule has 0 aliphatic heterocycles. The van der Waals surface area contributed by atoms with Gasteiger partial charge in [-0.1, -0.05) is 44.5 Å². The molecule has 0 spiro atoms. The molecule has 2 atom stereocenters. The highest BCUT2D eigenvalue weighted by molar-refractivity contribution is 5.76. The summed E-state index contributed by atoms with van der Waals surface area (Å²) in [5, 5.41) is 16.7. The third kappa shape index (κ3) is 8.20. The number of aliphatic hydroxyl groups is 1. The molecule has 1 radical (unpaired) electrons. The smallest absolute Gasteiger partial charge is 0.220 e. The fraction of sp³-hybridized carbons (Fsp3) is 0.417.